The van der Waals surface area contributed by atoms with Crippen LogP contribution in [0.4, 0.5) is 5.13 Å². The Morgan fingerprint density at radius 1 is 1.34 bits per heavy atom. The zero-order valence-electron chi connectivity index (χ0n) is 20.2. The number of carboxylic acids is 2. The summed E-state index contributed by atoms with van der Waals surface area (Å²) in [6.07, 6.45) is -0.253. The third kappa shape index (κ3) is 6.35. The molecular formula is C20H18N6NaO7S4-. The van der Waals surface area contributed by atoms with Gasteiger partial charge >= 0.3 is 29.6 Å². The van der Waals surface area contributed by atoms with Crippen LogP contribution in [0.2, 0.25) is 0 Å². The number of thioether (sulfide) groups is 2. The van der Waals surface area contributed by atoms with E-state index in [2.05, 4.69) is 20.4 Å². The molecule has 2 aliphatic heterocycles. The normalized spacial score (nSPS) is 18.8. The molecule has 2 amide bonds. The van der Waals surface area contributed by atoms with Gasteiger partial charge in [0.15, 0.2) is 15.2 Å². The Hall–Kier alpha value is -2.15. The maximum absolute atomic E-state index is 12.9. The minimum absolute atomic E-state index is 0. The number of nitrogens with one attached hydrogen (secondary N) is 1. The number of carbonyl (C=O) groups is 4. The molecule has 13 nitrogen and oxygen atoms in total. The molecule has 2 atom stereocenters. The summed E-state index contributed by atoms with van der Waals surface area (Å²) < 4.78 is 0.568. The van der Waals surface area contributed by atoms with Crippen LogP contribution in [0.5, 0.6) is 0 Å². The summed E-state index contributed by atoms with van der Waals surface area (Å²) in [5, 5.41) is 30.2. The van der Waals surface area contributed by atoms with Crippen LogP contribution in [-0.2, 0) is 30.4 Å². The van der Waals surface area contributed by atoms with Crippen LogP contribution < -0.4 is 50.8 Å². The number of anilines is 1. The number of aryl methyl sites for hydroxylation is 1. The number of aromatic nitrogens is 2. The molecule has 0 radical (unpaired) electrons. The molecule has 18 heteroatoms. The molecule has 0 aliphatic carbocycles. The van der Waals surface area contributed by atoms with Gasteiger partial charge in [0.2, 0.25) is 0 Å². The number of nitrogen functional groups attached to an aromatic ring is 1. The molecule has 1 saturated heterocycles. The van der Waals surface area contributed by atoms with Gasteiger partial charge in [0.25, 0.3) is 11.8 Å². The summed E-state index contributed by atoms with van der Waals surface area (Å²) in [5.41, 5.74) is 6.41. The largest absolute Gasteiger partial charge is 1.00 e. The molecule has 2 aliphatic rings. The number of hydrogen-bond donors (Lipinski definition) is 2. The van der Waals surface area contributed by atoms with Crippen LogP contribution in [0.3, 0.4) is 0 Å². The summed E-state index contributed by atoms with van der Waals surface area (Å²) in [7, 11) is 1.25. The molecule has 38 heavy (non-hydrogen) atoms. The Balaban J connectivity index is 0.00000400. The number of nitrogens with zero attached hydrogens (tertiary/aromatic N) is 4. The summed E-state index contributed by atoms with van der Waals surface area (Å²) in [6, 6.07) is -0.993. The molecule has 196 valence electrons. The average Bonchev–Trinajstić information content (AvgIpc) is 3.42. The van der Waals surface area contributed by atoms with Crippen LogP contribution in [0.15, 0.2) is 26.1 Å². The van der Waals surface area contributed by atoms with Crippen molar-refractivity contribution in [2.24, 2.45) is 5.16 Å². The molecule has 2 unspecified atom stereocenters. The van der Waals surface area contributed by atoms with E-state index in [-0.39, 0.29) is 69.7 Å². The van der Waals surface area contributed by atoms with E-state index in [4.69, 9.17) is 10.6 Å². The molecule has 4 rings (SSSR count). The van der Waals surface area contributed by atoms with Gasteiger partial charge in [-0.3, -0.25) is 14.5 Å². The Morgan fingerprint density at radius 3 is 2.68 bits per heavy atom. The Morgan fingerprint density at radius 2 is 2.08 bits per heavy atom. The van der Waals surface area contributed by atoms with Gasteiger partial charge in [0, 0.05) is 34.2 Å². The molecular weight excluding hydrogens is 588 g/mol. The van der Waals surface area contributed by atoms with Gasteiger partial charge < -0.3 is 35.7 Å². The van der Waals surface area contributed by atoms with E-state index >= 15 is 0 Å². The van der Waals surface area contributed by atoms with E-state index in [1.807, 2.05) is 0 Å². The fraction of sp³-hybridized carbons (Fsp3) is 0.350. The quantitative estimate of drug-likeness (QED) is 0.0863. The van der Waals surface area contributed by atoms with E-state index in [0.717, 1.165) is 16.2 Å². The first-order valence-corrected chi connectivity index (χ1v) is 14.1. The average molecular weight is 606 g/mol. The smallest absolute Gasteiger partial charge is 0.550 e. The maximum Gasteiger partial charge on any atom is 1.00 e. The van der Waals surface area contributed by atoms with E-state index in [1.165, 1.54) is 47.4 Å². The summed E-state index contributed by atoms with van der Waals surface area (Å²) >= 11 is 4.83. The van der Waals surface area contributed by atoms with Gasteiger partial charge in [0.1, 0.15) is 24.2 Å². The number of amides is 2. The number of nitrogens with two attached hydrogens (primary N) is 1. The van der Waals surface area contributed by atoms with Crippen LogP contribution in [0.25, 0.3) is 0 Å². The minimum atomic E-state index is -1.51. The van der Waals surface area contributed by atoms with Crippen molar-refractivity contribution in [3.63, 3.8) is 0 Å². The van der Waals surface area contributed by atoms with Crippen molar-refractivity contribution in [1.29, 1.82) is 0 Å². The fourth-order valence-corrected chi connectivity index (χ4v) is 7.84. The number of rotatable bonds is 10. The number of thiazole rings is 2. The topological polar surface area (TPSA) is 203 Å². The molecule has 0 bridgehead atoms. The summed E-state index contributed by atoms with van der Waals surface area (Å²) in [6.45, 7) is 1.69. The van der Waals surface area contributed by atoms with E-state index in [9.17, 15) is 29.4 Å². The second-order valence-corrected chi connectivity index (χ2v) is 11.9. The zero-order valence-corrected chi connectivity index (χ0v) is 25.5. The molecule has 0 spiro atoms. The first-order chi connectivity index (χ1) is 17.6. The fourth-order valence-electron chi connectivity index (χ4n) is 3.59. The number of oxime groups is 1. The predicted molar refractivity (Wildman–Crippen MR) is 133 cm³/mol. The van der Waals surface area contributed by atoms with Crippen molar-refractivity contribution in [2.75, 3.05) is 24.3 Å². The van der Waals surface area contributed by atoms with Gasteiger partial charge in [0.05, 0.1) is 17.4 Å². The molecule has 1 fully saturated rings. The molecule has 0 saturated carbocycles. The van der Waals surface area contributed by atoms with Crippen molar-refractivity contribution in [2.45, 2.75) is 29.1 Å². The molecule has 0 aromatic carbocycles. The third-order valence-electron chi connectivity index (χ3n) is 5.24. The Labute approximate surface area is 254 Å². The van der Waals surface area contributed by atoms with E-state index in [1.54, 1.807) is 6.92 Å². The van der Waals surface area contributed by atoms with Gasteiger partial charge in [-0.05, 0) is 12.5 Å². The number of β-lactam (4-membered cyclic amide) rings is 1. The third-order valence-corrected chi connectivity index (χ3v) is 9.64. The number of aliphatic carboxylic acids is 2. The second-order valence-electron chi connectivity index (χ2n) is 7.62. The van der Waals surface area contributed by atoms with Crippen molar-refractivity contribution >= 4 is 80.8 Å². The standard InChI is InChI=1S/C20H20N6O7S4.Na/c1-7-10(3-11(27)28)37-20(22-7)36-5-8-4-34-17-13(16(30)26(17)14(8)18(31)32)24-15(29)12(25-33-2)9-6-35-19(21)23-9;/h6,13,17H,3-5H2,1-2H3,(H2,21,23)(H,24,29)(H,27,28)(H,31,32);/q;+1/p-2. The molecule has 2 aromatic heterocycles. The van der Waals surface area contributed by atoms with Gasteiger partial charge in [-0.15, -0.1) is 34.4 Å². The number of fused-ring (bicyclic) bond motifs is 1. The van der Waals surface area contributed by atoms with Gasteiger partial charge in [-0.2, -0.15) is 0 Å². The summed E-state index contributed by atoms with van der Waals surface area (Å²) in [4.78, 5) is 63.4. The van der Waals surface area contributed by atoms with Crippen LogP contribution in [0, 0.1) is 6.92 Å². The van der Waals surface area contributed by atoms with E-state index < -0.39 is 35.2 Å². The van der Waals surface area contributed by atoms with Crippen molar-refractivity contribution in [1.82, 2.24) is 20.2 Å². The molecule has 2 aromatic rings. The van der Waals surface area contributed by atoms with Gasteiger partial charge in [-0.25, -0.2) is 9.97 Å². The number of hydrogen-bond acceptors (Lipinski definition) is 15. The van der Waals surface area contributed by atoms with Crippen LogP contribution in [-0.4, -0.2) is 74.4 Å². The van der Waals surface area contributed by atoms with Crippen LogP contribution in [0.1, 0.15) is 16.3 Å². The molecule has 3 N–H and O–H groups in total. The molecule has 4 heterocycles. The predicted octanol–water partition coefficient (Wildman–Crippen LogP) is -4.67. The Kier molecular flexibility index (Phi) is 10.2. The zero-order chi connectivity index (χ0) is 26.9. The second kappa shape index (κ2) is 12.8. The van der Waals surface area contributed by atoms with Crippen LogP contribution >= 0.6 is 46.2 Å². The maximum atomic E-state index is 12.9. The van der Waals surface area contributed by atoms with Gasteiger partial charge in [-0.1, -0.05) is 16.9 Å². The van der Waals surface area contributed by atoms with Crippen molar-refractivity contribution in [3.8, 4) is 0 Å². The van der Waals surface area contributed by atoms with Crippen molar-refractivity contribution in [3.05, 3.63) is 32.9 Å². The SMILES string of the molecule is CON=C(C(=O)NC1C(=O)N2C(C(=O)[O-])=C(CSc3nc(C)c(CC(=O)[O-])s3)CSC12)c1csc(N)n1.[Na+]. The first kappa shape index (κ1) is 30.4. The summed E-state index contributed by atoms with van der Waals surface area (Å²) in [5.74, 6) is -3.58. The van der Waals surface area contributed by atoms with E-state index in [0.29, 0.717) is 20.5 Å². The number of carboxylic acid groups (broad SMARTS) is 2. The number of carbonyl (C=O) groups excluding carboxylic acids is 4. The Bertz CT molecular complexity index is 1340. The monoisotopic (exact) mass is 605 g/mol. The first-order valence-electron chi connectivity index (χ1n) is 10.4. The minimum Gasteiger partial charge on any atom is -0.550 e. The van der Waals surface area contributed by atoms with Crippen molar-refractivity contribution < 1.29 is 63.8 Å².